The van der Waals surface area contributed by atoms with Crippen LogP contribution in [0.15, 0.2) is 24.3 Å². The zero-order valence-corrected chi connectivity index (χ0v) is 13.0. The number of esters is 1. The number of ether oxygens (including phenoxy) is 1. The van der Waals surface area contributed by atoms with E-state index in [0.29, 0.717) is 12.0 Å². The van der Waals surface area contributed by atoms with Crippen molar-refractivity contribution in [1.82, 2.24) is 4.90 Å². The number of hydrogen-bond donors (Lipinski definition) is 0. The number of carbonyl (C=O) groups excluding carboxylic acids is 1. The maximum absolute atomic E-state index is 12.2. The van der Waals surface area contributed by atoms with Crippen LogP contribution in [0.3, 0.4) is 0 Å². The van der Waals surface area contributed by atoms with E-state index in [9.17, 15) is 4.79 Å². The van der Waals surface area contributed by atoms with E-state index >= 15 is 0 Å². The number of rotatable bonds is 3. The lowest BCUT2D eigenvalue weighted by Gasteiger charge is -2.33. The maximum Gasteiger partial charge on any atom is 0.323 e. The minimum atomic E-state index is -0.0583. The Bertz CT molecular complexity index is 514. The third-order valence-electron chi connectivity index (χ3n) is 5.14. The molecule has 1 aromatic rings. The third-order valence-corrected chi connectivity index (χ3v) is 5.14. The van der Waals surface area contributed by atoms with Crippen molar-refractivity contribution in [3.8, 4) is 0 Å². The van der Waals surface area contributed by atoms with Crippen molar-refractivity contribution in [3.63, 3.8) is 0 Å². The van der Waals surface area contributed by atoms with Gasteiger partial charge < -0.3 is 4.74 Å². The molecule has 1 saturated carbocycles. The zero-order chi connectivity index (χ0) is 14.8. The molecule has 3 heteroatoms. The van der Waals surface area contributed by atoms with Gasteiger partial charge in [-0.3, -0.25) is 9.69 Å². The van der Waals surface area contributed by atoms with Crippen molar-refractivity contribution in [3.05, 3.63) is 35.4 Å². The van der Waals surface area contributed by atoms with E-state index in [1.165, 1.54) is 43.9 Å². The maximum atomic E-state index is 12.2. The van der Waals surface area contributed by atoms with Crippen LogP contribution in [0.1, 0.15) is 43.2 Å². The molecule has 2 aliphatic rings. The Labute approximate surface area is 127 Å². The van der Waals surface area contributed by atoms with Gasteiger partial charge in [0.15, 0.2) is 0 Å². The molecule has 0 bridgehead atoms. The van der Waals surface area contributed by atoms with E-state index in [1.807, 2.05) is 0 Å². The van der Waals surface area contributed by atoms with Crippen LogP contribution in [-0.2, 0) is 16.1 Å². The van der Waals surface area contributed by atoms with Crippen molar-refractivity contribution < 1.29 is 9.53 Å². The lowest BCUT2D eigenvalue weighted by atomic mass is 9.84. The van der Waals surface area contributed by atoms with Gasteiger partial charge >= 0.3 is 5.97 Å². The molecule has 3 unspecified atom stereocenters. The highest BCUT2D eigenvalue weighted by Gasteiger charge is 2.45. The standard InChI is InChI=1S/C18H25NO2/c1-13-6-5-7-14(10-13)12-19-16-9-4-3-8-15(16)11-17(19)18(20)21-2/h5-7,10,15-17H,3-4,8-9,11-12H2,1-2H3. The van der Waals surface area contributed by atoms with Crippen LogP contribution < -0.4 is 0 Å². The molecule has 0 amide bonds. The van der Waals surface area contributed by atoms with Crippen LogP contribution >= 0.6 is 0 Å². The summed E-state index contributed by atoms with van der Waals surface area (Å²) in [5.74, 6) is 0.615. The zero-order valence-electron chi connectivity index (χ0n) is 13.0. The summed E-state index contributed by atoms with van der Waals surface area (Å²) in [6.45, 7) is 2.98. The predicted octanol–water partition coefficient (Wildman–Crippen LogP) is 3.30. The summed E-state index contributed by atoms with van der Waals surface area (Å²) in [4.78, 5) is 14.6. The first-order valence-electron chi connectivity index (χ1n) is 8.08. The molecular formula is C18H25NO2. The highest BCUT2D eigenvalue weighted by molar-refractivity contribution is 5.76. The quantitative estimate of drug-likeness (QED) is 0.799. The summed E-state index contributed by atoms with van der Waals surface area (Å²) in [5, 5.41) is 0. The van der Waals surface area contributed by atoms with Gasteiger partial charge in [0.25, 0.3) is 0 Å². The largest absolute Gasteiger partial charge is 0.468 e. The van der Waals surface area contributed by atoms with Crippen LogP contribution in [0.2, 0.25) is 0 Å². The van der Waals surface area contributed by atoms with Crippen molar-refractivity contribution in [2.45, 2.75) is 57.7 Å². The fraction of sp³-hybridized carbons (Fsp3) is 0.611. The average Bonchev–Trinajstić information content (AvgIpc) is 2.85. The van der Waals surface area contributed by atoms with E-state index < -0.39 is 0 Å². The molecule has 0 radical (unpaired) electrons. The minimum Gasteiger partial charge on any atom is -0.468 e. The number of methoxy groups -OCH3 is 1. The molecule has 3 atom stereocenters. The molecule has 1 aromatic carbocycles. The second kappa shape index (κ2) is 6.18. The number of benzene rings is 1. The van der Waals surface area contributed by atoms with E-state index in [4.69, 9.17) is 4.74 Å². The normalized spacial score (nSPS) is 29.1. The van der Waals surface area contributed by atoms with E-state index in [0.717, 1.165) is 13.0 Å². The Morgan fingerprint density at radius 3 is 2.90 bits per heavy atom. The van der Waals surface area contributed by atoms with E-state index in [1.54, 1.807) is 0 Å². The summed E-state index contributed by atoms with van der Waals surface area (Å²) in [6, 6.07) is 9.12. The fourth-order valence-corrected chi connectivity index (χ4v) is 4.17. The van der Waals surface area contributed by atoms with Gasteiger partial charge in [-0.05, 0) is 37.7 Å². The van der Waals surface area contributed by atoms with Crippen LogP contribution in [0, 0.1) is 12.8 Å². The van der Waals surface area contributed by atoms with Gasteiger partial charge in [-0.1, -0.05) is 42.7 Å². The monoisotopic (exact) mass is 287 g/mol. The molecule has 3 nitrogen and oxygen atoms in total. The van der Waals surface area contributed by atoms with Crippen molar-refractivity contribution in [2.75, 3.05) is 7.11 Å². The number of aryl methyl sites for hydroxylation is 1. The minimum absolute atomic E-state index is 0.0522. The highest BCUT2D eigenvalue weighted by atomic mass is 16.5. The third kappa shape index (κ3) is 2.98. The smallest absolute Gasteiger partial charge is 0.323 e. The Balaban J connectivity index is 1.82. The molecule has 21 heavy (non-hydrogen) atoms. The van der Waals surface area contributed by atoms with Crippen LogP contribution in [0.25, 0.3) is 0 Å². The molecule has 0 aromatic heterocycles. The summed E-state index contributed by atoms with van der Waals surface area (Å²) in [5.41, 5.74) is 2.58. The second-order valence-electron chi connectivity index (χ2n) is 6.55. The average molecular weight is 287 g/mol. The molecule has 1 aliphatic carbocycles. The number of fused-ring (bicyclic) bond motifs is 1. The lowest BCUT2D eigenvalue weighted by molar-refractivity contribution is -0.146. The van der Waals surface area contributed by atoms with Crippen molar-refractivity contribution >= 4 is 5.97 Å². The van der Waals surface area contributed by atoms with Gasteiger partial charge in [0, 0.05) is 12.6 Å². The van der Waals surface area contributed by atoms with Crippen molar-refractivity contribution in [2.24, 2.45) is 5.92 Å². The highest BCUT2D eigenvalue weighted by Crippen LogP contribution is 2.40. The van der Waals surface area contributed by atoms with Crippen molar-refractivity contribution in [1.29, 1.82) is 0 Å². The Morgan fingerprint density at radius 2 is 2.14 bits per heavy atom. The molecule has 1 saturated heterocycles. The molecule has 0 spiro atoms. The number of likely N-dealkylation sites (tertiary alicyclic amines) is 1. The molecule has 114 valence electrons. The fourth-order valence-electron chi connectivity index (χ4n) is 4.17. The van der Waals surface area contributed by atoms with Gasteiger partial charge in [0.05, 0.1) is 7.11 Å². The Kier molecular flexibility index (Phi) is 4.29. The molecule has 2 fully saturated rings. The van der Waals surface area contributed by atoms with Gasteiger partial charge in [-0.15, -0.1) is 0 Å². The van der Waals surface area contributed by atoms with E-state index in [-0.39, 0.29) is 12.0 Å². The van der Waals surface area contributed by atoms with Gasteiger partial charge in [-0.2, -0.15) is 0 Å². The summed E-state index contributed by atoms with van der Waals surface area (Å²) in [6.07, 6.45) is 6.07. The SMILES string of the molecule is COC(=O)C1CC2CCCCC2N1Cc1cccc(C)c1. The van der Waals surface area contributed by atoms with Gasteiger partial charge in [0.1, 0.15) is 6.04 Å². The summed E-state index contributed by atoms with van der Waals surface area (Å²) in [7, 11) is 1.51. The summed E-state index contributed by atoms with van der Waals surface area (Å²) < 4.78 is 5.05. The Hall–Kier alpha value is -1.35. The summed E-state index contributed by atoms with van der Waals surface area (Å²) >= 11 is 0. The molecule has 1 aliphatic heterocycles. The molecule has 3 rings (SSSR count). The molecule has 1 heterocycles. The number of carbonyl (C=O) groups is 1. The molecular weight excluding hydrogens is 262 g/mol. The number of hydrogen-bond acceptors (Lipinski definition) is 3. The van der Waals surface area contributed by atoms with Crippen LogP contribution in [0.4, 0.5) is 0 Å². The predicted molar refractivity (Wildman–Crippen MR) is 82.9 cm³/mol. The first kappa shape index (κ1) is 14.6. The van der Waals surface area contributed by atoms with Crippen LogP contribution in [0.5, 0.6) is 0 Å². The Morgan fingerprint density at radius 1 is 1.33 bits per heavy atom. The first-order chi connectivity index (χ1) is 10.2. The number of nitrogens with zero attached hydrogens (tertiary/aromatic N) is 1. The first-order valence-corrected chi connectivity index (χ1v) is 8.08. The van der Waals surface area contributed by atoms with Gasteiger partial charge in [0.2, 0.25) is 0 Å². The topological polar surface area (TPSA) is 29.5 Å². The van der Waals surface area contributed by atoms with Gasteiger partial charge in [-0.25, -0.2) is 0 Å². The van der Waals surface area contributed by atoms with Crippen LogP contribution in [-0.4, -0.2) is 30.1 Å². The molecule has 0 N–H and O–H groups in total. The lowest BCUT2D eigenvalue weighted by Crippen LogP contribution is -2.42. The second-order valence-corrected chi connectivity index (χ2v) is 6.55. The van der Waals surface area contributed by atoms with E-state index in [2.05, 4.69) is 36.1 Å².